The number of nitrogens with one attached hydrogen (secondary N) is 1. The number of aromatic amines is 1. The molecular weight excluding hydrogens is 170 g/mol. The molecule has 0 bridgehead atoms. The third kappa shape index (κ3) is 1.10. The first-order valence-corrected chi connectivity index (χ1v) is 4.45. The summed E-state index contributed by atoms with van der Waals surface area (Å²) in [5.41, 5.74) is 7.72. The molecule has 0 amide bonds. The van der Waals surface area contributed by atoms with Gasteiger partial charge >= 0.3 is 0 Å². The predicted octanol–water partition coefficient (Wildman–Crippen LogP) is 2.03. The lowest BCUT2D eigenvalue weighted by Crippen LogP contribution is -1.83. The number of nitrogens with two attached hydrogens (primary N) is 1. The normalized spacial score (nSPS) is 10.4. The topological polar surface area (TPSA) is 54.7 Å². The van der Waals surface area contributed by atoms with Crippen LogP contribution in [-0.4, -0.2) is 9.97 Å². The van der Waals surface area contributed by atoms with E-state index in [1.165, 1.54) is 11.3 Å². The Hall–Kier alpha value is -1.29. The van der Waals surface area contributed by atoms with E-state index in [-0.39, 0.29) is 0 Å². The van der Waals surface area contributed by atoms with Crippen LogP contribution in [0.1, 0.15) is 5.01 Å². The average Bonchev–Trinajstić information content (AvgIpc) is 2.58. The second-order valence-electron chi connectivity index (χ2n) is 2.55. The zero-order valence-corrected chi connectivity index (χ0v) is 7.48. The van der Waals surface area contributed by atoms with Crippen LogP contribution in [0.5, 0.6) is 0 Å². The molecule has 3 nitrogen and oxygen atoms in total. The minimum Gasteiger partial charge on any atom is -0.389 e. The number of aromatic nitrogens is 2. The molecule has 0 aromatic carbocycles. The number of rotatable bonds is 1. The summed E-state index contributed by atoms with van der Waals surface area (Å²) < 4.78 is 0. The number of hydrogen-bond donors (Lipinski definition) is 2. The Morgan fingerprint density at radius 3 is 2.92 bits per heavy atom. The van der Waals surface area contributed by atoms with Gasteiger partial charge in [-0.3, -0.25) is 0 Å². The Morgan fingerprint density at radius 2 is 2.42 bits per heavy atom. The van der Waals surface area contributed by atoms with Gasteiger partial charge in [-0.2, -0.15) is 0 Å². The molecular formula is C8H9N3S. The molecule has 0 saturated heterocycles. The van der Waals surface area contributed by atoms with Crippen LogP contribution in [0.3, 0.4) is 0 Å². The van der Waals surface area contributed by atoms with Crippen molar-refractivity contribution in [3.63, 3.8) is 0 Å². The molecule has 0 saturated carbocycles. The van der Waals surface area contributed by atoms with Crippen LogP contribution in [0.25, 0.3) is 11.3 Å². The van der Waals surface area contributed by atoms with Crippen molar-refractivity contribution >= 4 is 16.3 Å². The highest BCUT2D eigenvalue weighted by Crippen LogP contribution is 2.29. The third-order valence-corrected chi connectivity index (χ3v) is 2.43. The Kier molecular flexibility index (Phi) is 1.62. The number of aryl methyl sites for hydroxylation is 1. The van der Waals surface area contributed by atoms with Gasteiger partial charge in [0.15, 0.2) is 0 Å². The molecule has 2 rings (SSSR count). The van der Waals surface area contributed by atoms with Crippen LogP contribution in [0.15, 0.2) is 18.5 Å². The van der Waals surface area contributed by atoms with E-state index < -0.39 is 0 Å². The minimum atomic E-state index is 0.784. The number of hydrogen-bond acceptors (Lipinski definition) is 3. The monoisotopic (exact) mass is 179 g/mol. The van der Waals surface area contributed by atoms with Gasteiger partial charge in [-0.15, -0.1) is 11.3 Å². The Bertz CT molecular complexity index is 375. The van der Waals surface area contributed by atoms with Gasteiger partial charge in [-0.05, 0) is 13.0 Å². The maximum atomic E-state index is 5.77. The first-order chi connectivity index (χ1) is 5.77. The summed E-state index contributed by atoms with van der Waals surface area (Å²) in [5, 5.41) is 1.79. The highest BCUT2D eigenvalue weighted by atomic mass is 32.1. The van der Waals surface area contributed by atoms with E-state index >= 15 is 0 Å². The van der Waals surface area contributed by atoms with Gasteiger partial charge in [-0.1, -0.05) is 0 Å². The second kappa shape index (κ2) is 2.64. The predicted molar refractivity (Wildman–Crippen MR) is 51.1 cm³/mol. The summed E-state index contributed by atoms with van der Waals surface area (Å²) in [4.78, 5) is 7.30. The Labute approximate surface area is 74.3 Å². The van der Waals surface area contributed by atoms with Crippen LogP contribution in [0.2, 0.25) is 0 Å². The summed E-state index contributed by atoms with van der Waals surface area (Å²) in [6.07, 6.45) is 3.76. The Balaban J connectivity index is 2.54. The molecule has 0 fully saturated rings. The van der Waals surface area contributed by atoms with Crippen molar-refractivity contribution in [2.24, 2.45) is 0 Å². The van der Waals surface area contributed by atoms with Gasteiger partial charge in [0.05, 0.1) is 5.01 Å². The van der Waals surface area contributed by atoms with Crippen LogP contribution in [0, 0.1) is 6.92 Å². The van der Waals surface area contributed by atoms with E-state index in [1.807, 2.05) is 25.4 Å². The fourth-order valence-electron chi connectivity index (χ4n) is 1.12. The van der Waals surface area contributed by atoms with Gasteiger partial charge < -0.3 is 10.7 Å². The summed E-state index contributed by atoms with van der Waals surface area (Å²) in [6.45, 7) is 1.96. The summed E-state index contributed by atoms with van der Waals surface area (Å²) >= 11 is 1.52. The largest absolute Gasteiger partial charge is 0.389 e. The van der Waals surface area contributed by atoms with E-state index in [4.69, 9.17) is 5.73 Å². The molecule has 2 aromatic heterocycles. The van der Waals surface area contributed by atoms with Crippen molar-refractivity contribution in [2.45, 2.75) is 6.92 Å². The molecule has 0 atom stereocenters. The summed E-state index contributed by atoms with van der Waals surface area (Å²) in [6, 6.07) is 1.96. The van der Waals surface area contributed by atoms with Crippen molar-refractivity contribution in [3.05, 3.63) is 23.5 Å². The van der Waals surface area contributed by atoms with Gasteiger partial charge in [0.25, 0.3) is 0 Å². The first kappa shape index (κ1) is 7.36. The minimum absolute atomic E-state index is 0.784. The van der Waals surface area contributed by atoms with Crippen LogP contribution < -0.4 is 5.73 Å². The zero-order chi connectivity index (χ0) is 8.55. The van der Waals surface area contributed by atoms with Crippen molar-refractivity contribution in [2.75, 3.05) is 5.73 Å². The molecule has 0 aliphatic carbocycles. The maximum Gasteiger partial charge on any atom is 0.114 e. The van der Waals surface area contributed by atoms with Crippen molar-refractivity contribution in [3.8, 4) is 11.3 Å². The standard InChI is InChI=1S/C8H9N3S/c1-5-11-7(8(9)12-5)6-2-3-10-4-6/h2-4,10H,9H2,1H3. The lowest BCUT2D eigenvalue weighted by molar-refractivity contribution is 1.30. The quantitative estimate of drug-likeness (QED) is 0.703. The van der Waals surface area contributed by atoms with Crippen LogP contribution in [-0.2, 0) is 0 Å². The van der Waals surface area contributed by atoms with Gasteiger partial charge in [0.1, 0.15) is 10.7 Å². The van der Waals surface area contributed by atoms with E-state index in [0.717, 1.165) is 21.3 Å². The molecule has 0 radical (unpaired) electrons. The SMILES string of the molecule is Cc1nc(-c2cc[nH]c2)c(N)s1. The Morgan fingerprint density at radius 1 is 1.58 bits per heavy atom. The number of nitrogens with zero attached hydrogens (tertiary/aromatic N) is 1. The van der Waals surface area contributed by atoms with Crippen molar-refractivity contribution in [1.29, 1.82) is 0 Å². The second-order valence-corrected chi connectivity index (χ2v) is 3.78. The van der Waals surface area contributed by atoms with E-state index in [2.05, 4.69) is 9.97 Å². The number of nitrogen functional groups attached to an aromatic ring is 1. The molecule has 0 aliphatic heterocycles. The van der Waals surface area contributed by atoms with Crippen LogP contribution >= 0.6 is 11.3 Å². The molecule has 0 spiro atoms. The molecule has 3 N–H and O–H groups in total. The molecule has 0 aliphatic rings. The molecule has 62 valence electrons. The van der Waals surface area contributed by atoms with Gasteiger partial charge in [-0.25, -0.2) is 4.98 Å². The summed E-state index contributed by atoms with van der Waals surface area (Å²) in [7, 11) is 0. The van der Waals surface area contributed by atoms with Crippen molar-refractivity contribution < 1.29 is 0 Å². The molecule has 4 heteroatoms. The number of thiazole rings is 1. The lowest BCUT2D eigenvalue weighted by atomic mass is 10.2. The highest BCUT2D eigenvalue weighted by molar-refractivity contribution is 7.16. The highest BCUT2D eigenvalue weighted by Gasteiger charge is 2.07. The fourth-order valence-corrected chi connectivity index (χ4v) is 1.84. The average molecular weight is 179 g/mol. The van der Waals surface area contributed by atoms with E-state index in [0.29, 0.717) is 0 Å². The van der Waals surface area contributed by atoms with Crippen molar-refractivity contribution in [1.82, 2.24) is 9.97 Å². The smallest absolute Gasteiger partial charge is 0.114 e. The molecule has 0 unspecified atom stereocenters. The lowest BCUT2D eigenvalue weighted by Gasteiger charge is -1.90. The number of anilines is 1. The zero-order valence-electron chi connectivity index (χ0n) is 6.66. The van der Waals surface area contributed by atoms with E-state index in [1.54, 1.807) is 0 Å². The first-order valence-electron chi connectivity index (χ1n) is 3.63. The molecule has 2 aromatic rings. The molecule has 12 heavy (non-hydrogen) atoms. The van der Waals surface area contributed by atoms with Gasteiger partial charge in [0.2, 0.25) is 0 Å². The molecule has 2 heterocycles. The summed E-state index contributed by atoms with van der Waals surface area (Å²) in [5.74, 6) is 0. The van der Waals surface area contributed by atoms with Crippen LogP contribution in [0.4, 0.5) is 5.00 Å². The fraction of sp³-hybridized carbons (Fsp3) is 0.125. The van der Waals surface area contributed by atoms with Gasteiger partial charge in [0, 0.05) is 18.0 Å². The maximum absolute atomic E-state index is 5.77. The van der Waals surface area contributed by atoms with E-state index in [9.17, 15) is 0 Å². The number of H-pyrrole nitrogens is 1. The third-order valence-electron chi connectivity index (χ3n) is 1.63.